The highest BCUT2D eigenvalue weighted by atomic mass is 33.1. The van der Waals surface area contributed by atoms with E-state index in [1.165, 1.54) is 10.8 Å². The van der Waals surface area contributed by atoms with E-state index in [4.69, 9.17) is 10.9 Å². The zero-order chi connectivity index (χ0) is 22.1. The Bertz CT molecular complexity index is 807. The molecule has 0 bridgehead atoms. The van der Waals surface area contributed by atoms with Gasteiger partial charge < -0.3 is 14.9 Å². The van der Waals surface area contributed by atoms with E-state index in [0.717, 1.165) is 53.2 Å². The maximum absolute atomic E-state index is 13.1. The lowest BCUT2D eigenvalue weighted by Crippen LogP contribution is -2.45. The summed E-state index contributed by atoms with van der Waals surface area (Å²) in [5.74, 6) is 6.04. The van der Waals surface area contributed by atoms with E-state index < -0.39 is 5.97 Å². The van der Waals surface area contributed by atoms with E-state index in [-0.39, 0.29) is 22.3 Å². The van der Waals surface area contributed by atoms with Crippen LogP contribution in [0.4, 0.5) is 11.4 Å². The standard InChI is InChI=1S/C20H30N4O3S3/c1-20(2,3)19-24(21)15-12-14(23-8-6-22(4)7-9-23)13(11-16(15)29-19)18(27)30-28-10-5-17(25)26/h11-12,19H,5-10,21H2,1-4H3,(H,25,26). The molecule has 0 spiro atoms. The van der Waals surface area contributed by atoms with Crippen molar-refractivity contribution in [3.63, 3.8) is 0 Å². The lowest BCUT2D eigenvalue weighted by Gasteiger charge is -2.35. The molecule has 0 aromatic heterocycles. The summed E-state index contributed by atoms with van der Waals surface area (Å²) < 4.78 is 0. The molecular formula is C20H30N4O3S3. The van der Waals surface area contributed by atoms with E-state index in [0.29, 0.717) is 11.3 Å². The molecule has 166 valence electrons. The highest BCUT2D eigenvalue weighted by Crippen LogP contribution is 2.50. The monoisotopic (exact) mass is 470 g/mol. The fourth-order valence-corrected chi connectivity index (χ4v) is 6.58. The van der Waals surface area contributed by atoms with Crippen LogP contribution in [-0.2, 0) is 4.79 Å². The summed E-state index contributed by atoms with van der Waals surface area (Å²) >= 11 is 1.70. The minimum Gasteiger partial charge on any atom is -0.481 e. The van der Waals surface area contributed by atoms with Crippen molar-refractivity contribution in [3.05, 3.63) is 17.7 Å². The molecule has 0 aliphatic carbocycles. The van der Waals surface area contributed by atoms with Gasteiger partial charge in [-0.05, 0) is 35.4 Å². The Balaban J connectivity index is 1.88. The molecule has 0 amide bonds. The number of rotatable bonds is 6. The van der Waals surface area contributed by atoms with Gasteiger partial charge in [0.1, 0.15) is 0 Å². The second-order valence-electron chi connectivity index (χ2n) is 8.71. The van der Waals surface area contributed by atoms with Gasteiger partial charge in [-0.2, -0.15) is 0 Å². The average Bonchev–Trinajstić information content (AvgIpc) is 3.01. The number of aliphatic carboxylic acids is 1. The zero-order valence-corrected chi connectivity index (χ0v) is 20.3. The molecule has 1 fully saturated rings. The highest BCUT2D eigenvalue weighted by Gasteiger charge is 2.38. The number of carbonyl (C=O) groups excluding carboxylic acids is 1. The van der Waals surface area contributed by atoms with Crippen molar-refractivity contribution < 1.29 is 14.7 Å². The van der Waals surface area contributed by atoms with Crippen LogP contribution in [-0.4, -0.2) is 65.4 Å². The van der Waals surface area contributed by atoms with Gasteiger partial charge >= 0.3 is 5.97 Å². The Morgan fingerprint density at radius 1 is 1.20 bits per heavy atom. The number of nitrogens with two attached hydrogens (primary N) is 1. The lowest BCUT2D eigenvalue weighted by molar-refractivity contribution is -0.136. The molecule has 2 aliphatic rings. The number of hydrogen-bond acceptors (Lipinski definition) is 9. The minimum atomic E-state index is -0.848. The predicted octanol–water partition coefficient (Wildman–Crippen LogP) is 3.59. The first kappa shape index (κ1) is 23.6. The molecular weight excluding hydrogens is 440 g/mol. The van der Waals surface area contributed by atoms with E-state index in [2.05, 4.69) is 43.7 Å². The predicted molar refractivity (Wildman–Crippen MR) is 129 cm³/mol. The van der Waals surface area contributed by atoms with Crippen molar-refractivity contribution in [1.82, 2.24) is 4.90 Å². The summed E-state index contributed by atoms with van der Waals surface area (Å²) in [5.41, 5.74) is 2.55. The number of fused-ring (bicyclic) bond motifs is 1. The summed E-state index contributed by atoms with van der Waals surface area (Å²) in [4.78, 5) is 29.4. The summed E-state index contributed by atoms with van der Waals surface area (Å²) in [7, 11) is 4.53. The van der Waals surface area contributed by atoms with Gasteiger partial charge in [-0.25, -0.2) is 5.84 Å². The van der Waals surface area contributed by atoms with Crippen molar-refractivity contribution in [3.8, 4) is 0 Å². The molecule has 10 heteroatoms. The molecule has 2 aliphatic heterocycles. The lowest BCUT2D eigenvalue weighted by atomic mass is 9.96. The Morgan fingerprint density at radius 3 is 2.47 bits per heavy atom. The normalized spacial score (nSPS) is 19.8. The van der Waals surface area contributed by atoms with Crippen LogP contribution in [0.2, 0.25) is 0 Å². The number of carboxylic acids is 1. The number of piperazine rings is 1. The summed E-state index contributed by atoms with van der Waals surface area (Å²) in [6.45, 7) is 10.1. The molecule has 1 saturated heterocycles. The van der Waals surface area contributed by atoms with Gasteiger partial charge in [-0.3, -0.25) is 14.6 Å². The molecule has 1 atom stereocenters. The maximum Gasteiger partial charge on any atom is 0.304 e. The number of carbonyl (C=O) groups is 2. The van der Waals surface area contributed by atoms with Crippen LogP contribution < -0.4 is 15.8 Å². The SMILES string of the molecule is CN1CCN(c2cc3c(cc2C(=O)SSCCC(=O)O)SC(C(C)(C)C)N3N)CC1. The molecule has 3 rings (SSSR count). The van der Waals surface area contributed by atoms with Crippen LogP contribution in [0.25, 0.3) is 0 Å². The fraction of sp³-hybridized carbons (Fsp3) is 0.600. The topological polar surface area (TPSA) is 90.1 Å². The third-order valence-electron chi connectivity index (χ3n) is 5.19. The van der Waals surface area contributed by atoms with Gasteiger partial charge in [0.05, 0.1) is 28.7 Å². The molecule has 2 heterocycles. The second-order valence-corrected chi connectivity index (χ2v) is 12.2. The first-order valence-electron chi connectivity index (χ1n) is 9.95. The molecule has 3 N–H and O–H groups in total. The van der Waals surface area contributed by atoms with Crippen molar-refractivity contribution in [1.29, 1.82) is 0 Å². The first-order chi connectivity index (χ1) is 14.1. The molecule has 0 radical (unpaired) electrons. The smallest absolute Gasteiger partial charge is 0.304 e. The molecule has 1 unspecified atom stereocenters. The van der Waals surface area contributed by atoms with Crippen LogP contribution in [0.1, 0.15) is 37.6 Å². The van der Waals surface area contributed by atoms with Crippen molar-refractivity contribution in [2.75, 3.05) is 48.9 Å². The zero-order valence-electron chi connectivity index (χ0n) is 17.9. The Labute approximate surface area is 190 Å². The van der Waals surface area contributed by atoms with Gasteiger partial charge in [-0.15, -0.1) is 0 Å². The Morgan fingerprint density at radius 2 is 1.87 bits per heavy atom. The van der Waals surface area contributed by atoms with E-state index in [1.54, 1.807) is 11.8 Å². The van der Waals surface area contributed by atoms with Crippen molar-refractivity contribution >= 4 is 55.8 Å². The van der Waals surface area contributed by atoms with Crippen molar-refractivity contribution in [2.24, 2.45) is 11.3 Å². The summed E-state index contributed by atoms with van der Waals surface area (Å²) in [6, 6.07) is 4.04. The summed E-state index contributed by atoms with van der Waals surface area (Å²) in [6.07, 6.45) is 0.0473. The first-order valence-corrected chi connectivity index (χ1v) is 13.2. The summed E-state index contributed by atoms with van der Waals surface area (Å²) in [5, 5.41) is 10.7. The number of hydrogen-bond donors (Lipinski definition) is 2. The molecule has 1 aromatic carbocycles. The highest BCUT2D eigenvalue weighted by molar-refractivity contribution is 8.82. The number of likely N-dealkylation sites (N-methyl/N-ethyl adjacent to an activating group) is 1. The van der Waals surface area contributed by atoms with Gasteiger partial charge in [0.25, 0.3) is 0 Å². The number of nitrogens with zero attached hydrogens (tertiary/aromatic N) is 3. The van der Waals surface area contributed by atoms with Gasteiger partial charge in [0.2, 0.25) is 5.12 Å². The van der Waals surface area contributed by atoms with E-state index in [1.807, 2.05) is 11.1 Å². The molecule has 7 nitrogen and oxygen atoms in total. The second kappa shape index (κ2) is 9.60. The number of carboxylic acid groups (broad SMARTS) is 1. The van der Waals surface area contributed by atoms with Gasteiger partial charge in [0.15, 0.2) is 0 Å². The number of hydrazine groups is 1. The van der Waals surface area contributed by atoms with Crippen molar-refractivity contribution in [2.45, 2.75) is 37.5 Å². The van der Waals surface area contributed by atoms with Gasteiger partial charge in [0, 0.05) is 36.8 Å². The van der Waals surface area contributed by atoms with Crippen LogP contribution in [0.3, 0.4) is 0 Å². The van der Waals surface area contributed by atoms with Crippen LogP contribution in [0, 0.1) is 5.41 Å². The quantitative estimate of drug-likeness (QED) is 0.365. The van der Waals surface area contributed by atoms with Crippen LogP contribution >= 0.6 is 33.3 Å². The third-order valence-corrected chi connectivity index (χ3v) is 9.09. The third kappa shape index (κ3) is 5.40. The Kier molecular flexibility index (Phi) is 7.55. The number of thioether (sulfide) groups is 1. The Hall–Kier alpha value is -1.07. The molecule has 0 saturated carbocycles. The maximum atomic E-state index is 13.1. The fourth-order valence-electron chi connectivity index (χ4n) is 3.49. The minimum absolute atomic E-state index is 0.0158. The van der Waals surface area contributed by atoms with Crippen LogP contribution in [0.15, 0.2) is 17.0 Å². The molecule has 30 heavy (non-hydrogen) atoms. The number of benzene rings is 1. The van der Waals surface area contributed by atoms with Gasteiger partial charge in [-0.1, -0.05) is 43.3 Å². The van der Waals surface area contributed by atoms with Crippen LogP contribution in [0.5, 0.6) is 0 Å². The number of anilines is 2. The largest absolute Gasteiger partial charge is 0.481 e. The van der Waals surface area contributed by atoms with E-state index in [9.17, 15) is 9.59 Å². The average molecular weight is 471 g/mol. The van der Waals surface area contributed by atoms with E-state index >= 15 is 0 Å². The molecule has 1 aromatic rings.